The van der Waals surface area contributed by atoms with Gasteiger partial charge in [0.1, 0.15) is 17.3 Å². The Balaban J connectivity index is 2.63. The third kappa shape index (κ3) is 3.96. The van der Waals surface area contributed by atoms with Crippen LogP contribution in [0.3, 0.4) is 0 Å². The zero-order valence-electron chi connectivity index (χ0n) is 13.1. The van der Waals surface area contributed by atoms with Gasteiger partial charge in [0.05, 0.1) is 16.2 Å². The number of nitrogens with one attached hydrogen (secondary N) is 1. The van der Waals surface area contributed by atoms with Gasteiger partial charge in [0.2, 0.25) is 5.78 Å². The molecular weight excluding hydrogens is 479 g/mol. The van der Waals surface area contributed by atoms with E-state index >= 15 is 0 Å². The van der Waals surface area contributed by atoms with Crippen LogP contribution < -0.4 is 4.72 Å². The van der Waals surface area contributed by atoms with Gasteiger partial charge < -0.3 is 9.62 Å². The summed E-state index contributed by atoms with van der Waals surface area (Å²) >= 11 is 9.85. The van der Waals surface area contributed by atoms with Crippen LogP contribution in [-0.4, -0.2) is 35.0 Å². The maximum absolute atomic E-state index is 12.7. The summed E-state index contributed by atoms with van der Waals surface area (Å²) in [6.07, 6.45) is 3.43. The Morgan fingerprint density at radius 1 is 1.46 bits per heavy atom. The molecule has 0 atom stereocenters. The third-order valence-electron chi connectivity index (χ3n) is 3.11. The van der Waals surface area contributed by atoms with E-state index in [-0.39, 0.29) is 11.4 Å². The predicted octanol–water partition coefficient (Wildman–Crippen LogP) is 4.98. The minimum atomic E-state index is -0.318. The second kappa shape index (κ2) is 8.38. The molecule has 2 aromatic rings. The molecule has 9 heteroatoms. The number of aromatic nitrogens is 1. The SMILES string of the molecule is CSNc1cc2cc(C(=O)/C(C#N)=C/N(C)C)n(SI)c2cc1Cl. The number of allylic oxidation sites excluding steroid dienone is 1. The number of rotatable bonds is 6. The molecule has 1 aromatic heterocycles. The number of benzene rings is 1. The van der Waals surface area contributed by atoms with Gasteiger partial charge in [-0.05, 0) is 18.2 Å². The number of fused-ring (bicyclic) bond motifs is 1. The first-order valence-electron chi connectivity index (χ1n) is 6.69. The third-order valence-corrected chi connectivity index (χ3v) is 5.56. The second-order valence-electron chi connectivity index (χ2n) is 5.04. The molecule has 0 unspecified atom stereocenters. The number of anilines is 1. The summed E-state index contributed by atoms with van der Waals surface area (Å²) in [7, 11) is 4.91. The lowest BCUT2D eigenvalue weighted by Crippen LogP contribution is -2.10. The fourth-order valence-corrected chi connectivity index (χ4v) is 4.53. The quantitative estimate of drug-likeness (QED) is 0.202. The highest BCUT2D eigenvalue weighted by Crippen LogP contribution is 2.35. The van der Waals surface area contributed by atoms with Crippen molar-refractivity contribution in [1.82, 2.24) is 8.87 Å². The number of nitrogens with zero attached hydrogens (tertiary/aromatic N) is 3. The van der Waals surface area contributed by atoms with Gasteiger partial charge in [0, 0.05) is 62.3 Å². The molecule has 0 aliphatic rings. The molecule has 126 valence electrons. The summed E-state index contributed by atoms with van der Waals surface area (Å²) in [6, 6.07) is 7.48. The number of ketones is 1. The molecular formula is C15H14ClIN4OS2. The molecule has 0 spiro atoms. The van der Waals surface area contributed by atoms with Crippen molar-refractivity contribution in [2.45, 2.75) is 0 Å². The predicted molar refractivity (Wildman–Crippen MR) is 113 cm³/mol. The van der Waals surface area contributed by atoms with Crippen molar-refractivity contribution in [1.29, 1.82) is 5.26 Å². The molecule has 2 rings (SSSR count). The minimum Gasteiger partial charge on any atom is -0.382 e. The number of halogens is 2. The number of carbonyl (C=O) groups excluding carboxylic acids is 1. The number of hydrogen-bond acceptors (Lipinski definition) is 6. The van der Waals surface area contributed by atoms with Crippen molar-refractivity contribution >= 4 is 76.2 Å². The molecule has 0 saturated heterocycles. The summed E-state index contributed by atoms with van der Waals surface area (Å²) < 4.78 is 4.90. The van der Waals surface area contributed by atoms with Crippen LogP contribution in [0, 0.1) is 11.3 Å². The summed E-state index contributed by atoms with van der Waals surface area (Å²) in [5.74, 6) is -0.318. The molecule has 0 aliphatic carbocycles. The van der Waals surface area contributed by atoms with E-state index < -0.39 is 0 Å². The average molecular weight is 493 g/mol. The lowest BCUT2D eigenvalue weighted by Gasteiger charge is -2.08. The topological polar surface area (TPSA) is 61.1 Å². The first kappa shape index (κ1) is 19.3. The van der Waals surface area contributed by atoms with Crippen LogP contribution in [0.5, 0.6) is 0 Å². The summed E-state index contributed by atoms with van der Waals surface area (Å²) in [4.78, 5) is 14.4. The van der Waals surface area contributed by atoms with Crippen molar-refractivity contribution in [3.8, 4) is 6.07 Å². The van der Waals surface area contributed by atoms with Crippen LogP contribution in [0.25, 0.3) is 10.9 Å². The maximum Gasteiger partial charge on any atom is 0.222 e. The molecule has 5 nitrogen and oxygen atoms in total. The van der Waals surface area contributed by atoms with Crippen LogP contribution >= 0.6 is 53.9 Å². The van der Waals surface area contributed by atoms with Crippen LogP contribution in [0.1, 0.15) is 10.5 Å². The van der Waals surface area contributed by atoms with Gasteiger partial charge in [-0.1, -0.05) is 23.5 Å². The molecule has 0 aliphatic heterocycles. The monoisotopic (exact) mass is 492 g/mol. The molecule has 0 amide bonds. The van der Waals surface area contributed by atoms with Gasteiger partial charge in [-0.25, -0.2) is 0 Å². The average Bonchev–Trinajstić information content (AvgIpc) is 2.89. The van der Waals surface area contributed by atoms with Crippen LogP contribution in [0.2, 0.25) is 5.02 Å². The number of hydrogen-bond donors (Lipinski definition) is 1. The zero-order valence-corrected chi connectivity index (χ0v) is 17.7. The van der Waals surface area contributed by atoms with Crippen molar-refractivity contribution < 1.29 is 4.79 Å². The molecule has 1 N–H and O–H groups in total. The maximum atomic E-state index is 12.7. The van der Waals surface area contributed by atoms with Crippen molar-refractivity contribution in [3.05, 3.63) is 40.7 Å². The fourth-order valence-electron chi connectivity index (χ4n) is 2.16. The van der Waals surface area contributed by atoms with Gasteiger partial charge in [0.25, 0.3) is 0 Å². The molecule has 1 aromatic carbocycles. The van der Waals surface area contributed by atoms with Gasteiger partial charge in [-0.15, -0.1) is 0 Å². The largest absolute Gasteiger partial charge is 0.382 e. The Labute approximate surface area is 166 Å². The molecule has 24 heavy (non-hydrogen) atoms. The van der Waals surface area contributed by atoms with E-state index in [4.69, 9.17) is 11.6 Å². The summed E-state index contributed by atoms with van der Waals surface area (Å²) in [5, 5.41) is 10.7. The van der Waals surface area contributed by atoms with E-state index in [1.165, 1.54) is 27.3 Å². The lowest BCUT2D eigenvalue weighted by atomic mass is 10.1. The Morgan fingerprint density at radius 3 is 2.71 bits per heavy atom. The minimum absolute atomic E-state index is 0.0862. The molecule has 1 heterocycles. The number of nitriles is 1. The van der Waals surface area contributed by atoms with Gasteiger partial charge in [0.15, 0.2) is 0 Å². The van der Waals surface area contributed by atoms with E-state index in [0.29, 0.717) is 10.7 Å². The Bertz CT molecular complexity index is 857. The summed E-state index contributed by atoms with van der Waals surface area (Å²) in [5.41, 5.74) is 2.15. The first-order valence-corrected chi connectivity index (χ1v) is 11.6. The highest BCUT2D eigenvalue weighted by molar-refractivity contribution is 14.2. The molecule has 0 saturated carbocycles. The highest BCUT2D eigenvalue weighted by atomic mass is 127. The van der Waals surface area contributed by atoms with Crippen molar-refractivity contribution in [2.75, 3.05) is 25.1 Å². The Kier molecular flexibility index (Phi) is 6.74. The Morgan fingerprint density at radius 2 is 2.17 bits per heavy atom. The Hall–Kier alpha value is -1.02. The molecule has 0 radical (unpaired) electrons. The van der Waals surface area contributed by atoms with E-state index in [1.807, 2.05) is 24.5 Å². The van der Waals surface area contributed by atoms with Crippen LogP contribution in [0.15, 0.2) is 30.0 Å². The van der Waals surface area contributed by atoms with Crippen molar-refractivity contribution in [3.63, 3.8) is 0 Å². The fraction of sp³-hybridized carbons (Fsp3) is 0.200. The number of carbonyl (C=O) groups is 1. The first-order chi connectivity index (χ1) is 11.4. The van der Waals surface area contributed by atoms with Crippen LogP contribution in [0.4, 0.5) is 5.69 Å². The van der Waals surface area contributed by atoms with E-state index in [9.17, 15) is 10.1 Å². The number of Topliss-reactive ketones (excluding diaryl/α,β-unsaturated/α-hetero) is 1. The van der Waals surface area contributed by atoms with E-state index in [2.05, 4.69) is 25.9 Å². The normalized spacial score (nSPS) is 11.4. The van der Waals surface area contributed by atoms with Crippen LogP contribution in [-0.2, 0) is 0 Å². The summed E-state index contributed by atoms with van der Waals surface area (Å²) in [6.45, 7) is 0. The molecule has 0 fully saturated rings. The van der Waals surface area contributed by atoms with E-state index in [0.717, 1.165) is 16.6 Å². The van der Waals surface area contributed by atoms with Gasteiger partial charge in [-0.3, -0.25) is 8.77 Å². The highest BCUT2D eigenvalue weighted by Gasteiger charge is 2.21. The zero-order chi connectivity index (χ0) is 17.9. The smallest absolute Gasteiger partial charge is 0.222 e. The van der Waals surface area contributed by atoms with Gasteiger partial charge >= 0.3 is 0 Å². The van der Waals surface area contributed by atoms with Gasteiger partial charge in [-0.2, -0.15) is 5.26 Å². The lowest BCUT2D eigenvalue weighted by molar-refractivity contribution is 0.103. The van der Waals surface area contributed by atoms with Crippen molar-refractivity contribution in [2.24, 2.45) is 0 Å². The molecule has 0 bridgehead atoms. The second-order valence-corrected chi connectivity index (χ2v) is 7.74. The van der Waals surface area contributed by atoms with E-state index in [1.54, 1.807) is 29.0 Å². The standard InChI is InChI=1S/C15H14ClIN4OS2/c1-20(2)8-10(7-18)15(22)14-5-9-4-12(19-23-3)11(16)6-13(9)21(14)24-17/h4-6,8,19H,1-3H3/b10-8+.